The highest BCUT2D eigenvalue weighted by molar-refractivity contribution is 9.10. The largest absolute Gasteiger partial charge is 0.279 e. The SMILES string of the molecule is Cc1cc(NS(=O)(=O)c2ccc(-c3ccn[nH]3)s2)ccc1Br. The van der Waals surface area contributed by atoms with E-state index in [2.05, 4.69) is 30.8 Å². The maximum Gasteiger partial charge on any atom is 0.271 e. The first kappa shape index (κ1) is 15.3. The van der Waals surface area contributed by atoms with Gasteiger partial charge in [-0.05, 0) is 48.9 Å². The van der Waals surface area contributed by atoms with Crippen LogP contribution in [0.5, 0.6) is 0 Å². The lowest BCUT2D eigenvalue weighted by molar-refractivity contribution is 0.603. The molecule has 2 aromatic heterocycles. The van der Waals surface area contributed by atoms with Crippen LogP contribution in [-0.4, -0.2) is 18.6 Å². The minimum atomic E-state index is -3.59. The summed E-state index contributed by atoms with van der Waals surface area (Å²) in [5.74, 6) is 0. The van der Waals surface area contributed by atoms with Crippen LogP contribution < -0.4 is 4.72 Å². The Labute approximate surface area is 140 Å². The molecule has 0 spiro atoms. The monoisotopic (exact) mass is 397 g/mol. The number of nitrogens with zero attached hydrogens (tertiary/aromatic N) is 1. The highest BCUT2D eigenvalue weighted by Gasteiger charge is 2.18. The Morgan fingerprint density at radius 3 is 2.73 bits per heavy atom. The fraction of sp³-hybridized carbons (Fsp3) is 0.0714. The van der Waals surface area contributed by atoms with Crippen LogP contribution in [-0.2, 0) is 10.0 Å². The third-order valence-corrected chi connectivity index (χ3v) is 6.90. The van der Waals surface area contributed by atoms with Crippen molar-refractivity contribution in [2.75, 3.05) is 4.72 Å². The van der Waals surface area contributed by atoms with Crippen molar-refractivity contribution in [2.24, 2.45) is 0 Å². The number of thiophene rings is 1. The van der Waals surface area contributed by atoms with Gasteiger partial charge in [-0.15, -0.1) is 11.3 Å². The highest BCUT2D eigenvalue weighted by atomic mass is 79.9. The summed E-state index contributed by atoms with van der Waals surface area (Å²) in [7, 11) is -3.59. The maximum absolute atomic E-state index is 12.4. The molecular weight excluding hydrogens is 386 g/mol. The Hall–Kier alpha value is -1.64. The average Bonchev–Trinajstić information content (AvgIpc) is 3.12. The molecule has 0 amide bonds. The van der Waals surface area contributed by atoms with Gasteiger partial charge in [-0.3, -0.25) is 9.82 Å². The second kappa shape index (κ2) is 5.86. The number of rotatable bonds is 4. The summed E-state index contributed by atoms with van der Waals surface area (Å²) in [6.07, 6.45) is 1.63. The Balaban J connectivity index is 1.88. The Morgan fingerprint density at radius 2 is 2.05 bits per heavy atom. The molecule has 2 heterocycles. The standard InChI is InChI=1S/C14H12BrN3O2S2/c1-9-8-10(2-3-11(9)15)18-22(19,20)14-5-4-13(21-14)12-6-7-16-17-12/h2-8,18H,1H3,(H,16,17). The molecule has 5 nitrogen and oxygen atoms in total. The first-order chi connectivity index (χ1) is 10.5. The molecular formula is C14H12BrN3O2S2. The maximum atomic E-state index is 12.4. The Kier molecular flexibility index (Phi) is 4.07. The molecule has 0 atom stereocenters. The van der Waals surface area contributed by atoms with Gasteiger partial charge < -0.3 is 0 Å². The number of sulfonamides is 1. The van der Waals surface area contributed by atoms with Crippen molar-refractivity contribution in [1.82, 2.24) is 10.2 Å². The van der Waals surface area contributed by atoms with Gasteiger partial charge in [-0.1, -0.05) is 15.9 Å². The number of aryl methyl sites for hydroxylation is 1. The van der Waals surface area contributed by atoms with Gasteiger partial charge in [0, 0.05) is 16.4 Å². The fourth-order valence-corrected chi connectivity index (χ4v) is 4.49. The van der Waals surface area contributed by atoms with Crippen molar-refractivity contribution in [3.05, 3.63) is 52.6 Å². The molecule has 3 rings (SSSR count). The van der Waals surface area contributed by atoms with Crippen molar-refractivity contribution in [2.45, 2.75) is 11.1 Å². The molecule has 22 heavy (non-hydrogen) atoms. The summed E-state index contributed by atoms with van der Waals surface area (Å²) in [4.78, 5) is 0.824. The van der Waals surface area contributed by atoms with Crippen LogP contribution in [0.1, 0.15) is 5.56 Å². The lowest BCUT2D eigenvalue weighted by Gasteiger charge is -2.07. The zero-order chi connectivity index (χ0) is 15.7. The van der Waals surface area contributed by atoms with Crippen molar-refractivity contribution in [3.8, 4) is 10.6 Å². The van der Waals surface area contributed by atoms with E-state index in [0.29, 0.717) is 5.69 Å². The van der Waals surface area contributed by atoms with Gasteiger partial charge >= 0.3 is 0 Å². The summed E-state index contributed by atoms with van der Waals surface area (Å²) >= 11 is 4.59. The first-order valence-electron chi connectivity index (χ1n) is 6.34. The molecule has 0 saturated carbocycles. The van der Waals surface area contributed by atoms with Crippen molar-refractivity contribution in [1.29, 1.82) is 0 Å². The van der Waals surface area contributed by atoms with E-state index in [1.54, 1.807) is 36.5 Å². The molecule has 2 N–H and O–H groups in total. The zero-order valence-corrected chi connectivity index (χ0v) is 14.7. The number of hydrogen-bond donors (Lipinski definition) is 2. The number of H-pyrrole nitrogens is 1. The number of anilines is 1. The summed E-state index contributed by atoms with van der Waals surface area (Å²) in [6.45, 7) is 1.91. The Morgan fingerprint density at radius 1 is 1.23 bits per heavy atom. The molecule has 0 fully saturated rings. The van der Waals surface area contributed by atoms with E-state index in [0.717, 1.165) is 20.6 Å². The minimum Gasteiger partial charge on any atom is -0.279 e. The quantitative estimate of drug-likeness (QED) is 0.697. The number of benzene rings is 1. The summed E-state index contributed by atoms with van der Waals surface area (Å²) < 4.78 is 28.7. The normalized spacial score (nSPS) is 11.5. The van der Waals surface area contributed by atoms with Crippen LogP contribution in [0, 0.1) is 6.92 Å². The van der Waals surface area contributed by atoms with Crippen LogP contribution >= 0.6 is 27.3 Å². The average molecular weight is 398 g/mol. The molecule has 0 aliphatic rings. The molecule has 114 valence electrons. The van der Waals surface area contributed by atoms with Gasteiger partial charge in [0.25, 0.3) is 10.0 Å². The van der Waals surface area contributed by atoms with E-state index in [1.165, 1.54) is 11.3 Å². The van der Waals surface area contributed by atoms with E-state index in [4.69, 9.17) is 0 Å². The van der Waals surface area contributed by atoms with Crippen molar-refractivity contribution >= 4 is 43.0 Å². The first-order valence-corrected chi connectivity index (χ1v) is 9.43. The van der Waals surface area contributed by atoms with Crippen LogP contribution in [0.15, 0.2) is 51.3 Å². The van der Waals surface area contributed by atoms with Gasteiger partial charge in [-0.2, -0.15) is 5.10 Å². The van der Waals surface area contributed by atoms with Crippen molar-refractivity contribution < 1.29 is 8.42 Å². The second-order valence-electron chi connectivity index (χ2n) is 4.66. The fourth-order valence-electron chi connectivity index (χ4n) is 1.92. The van der Waals surface area contributed by atoms with E-state index in [1.807, 2.05) is 13.0 Å². The number of aromatic amines is 1. The summed E-state index contributed by atoms with van der Waals surface area (Å²) in [6, 6.07) is 10.5. The summed E-state index contributed by atoms with van der Waals surface area (Å²) in [5, 5.41) is 6.69. The van der Waals surface area contributed by atoms with Gasteiger partial charge in [0.05, 0.1) is 10.6 Å². The molecule has 0 radical (unpaired) electrons. The van der Waals surface area contributed by atoms with Crippen LogP contribution in [0.3, 0.4) is 0 Å². The van der Waals surface area contributed by atoms with Crippen LogP contribution in [0.4, 0.5) is 5.69 Å². The lowest BCUT2D eigenvalue weighted by atomic mass is 10.2. The van der Waals surface area contributed by atoms with E-state index in [9.17, 15) is 8.42 Å². The van der Waals surface area contributed by atoms with Crippen molar-refractivity contribution in [3.63, 3.8) is 0 Å². The molecule has 0 saturated heterocycles. The predicted octanol–water partition coefficient (Wildman–Crippen LogP) is 4.01. The topological polar surface area (TPSA) is 74.8 Å². The molecule has 0 unspecified atom stereocenters. The molecule has 8 heteroatoms. The number of hydrogen-bond acceptors (Lipinski definition) is 4. The second-order valence-corrected chi connectivity index (χ2v) is 8.51. The van der Waals surface area contributed by atoms with Crippen LogP contribution in [0.25, 0.3) is 10.6 Å². The lowest BCUT2D eigenvalue weighted by Crippen LogP contribution is -2.11. The smallest absolute Gasteiger partial charge is 0.271 e. The van der Waals surface area contributed by atoms with Gasteiger partial charge in [0.15, 0.2) is 0 Å². The molecule has 0 aliphatic carbocycles. The van der Waals surface area contributed by atoms with Gasteiger partial charge in [0.1, 0.15) is 4.21 Å². The summed E-state index contributed by atoms with van der Waals surface area (Å²) in [5.41, 5.74) is 2.30. The van der Waals surface area contributed by atoms with E-state index >= 15 is 0 Å². The third kappa shape index (κ3) is 3.08. The van der Waals surface area contributed by atoms with Gasteiger partial charge in [-0.25, -0.2) is 8.42 Å². The minimum absolute atomic E-state index is 0.262. The number of nitrogens with one attached hydrogen (secondary N) is 2. The van der Waals surface area contributed by atoms with Gasteiger partial charge in [0.2, 0.25) is 0 Å². The molecule has 1 aromatic carbocycles. The van der Waals surface area contributed by atoms with E-state index < -0.39 is 10.0 Å². The Bertz CT molecular complexity index is 902. The molecule has 3 aromatic rings. The third-order valence-electron chi connectivity index (χ3n) is 3.02. The predicted molar refractivity (Wildman–Crippen MR) is 91.6 cm³/mol. The zero-order valence-electron chi connectivity index (χ0n) is 11.5. The molecule has 0 aliphatic heterocycles. The van der Waals surface area contributed by atoms with E-state index in [-0.39, 0.29) is 4.21 Å². The number of aromatic nitrogens is 2. The number of halogens is 1. The highest BCUT2D eigenvalue weighted by Crippen LogP contribution is 2.30. The molecule has 0 bridgehead atoms. The van der Waals surface area contributed by atoms with Crippen LogP contribution in [0.2, 0.25) is 0 Å².